The number of hydrogen-bond acceptors (Lipinski definition) is 3. The van der Waals surface area contributed by atoms with Crippen molar-refractivity contribution in [2.24, 2.45) is 11.7 Å². The Hall–Kier alpha value is -1.10. The smallest absolute Gasteiger partial charge is 0.244 e. The largest absolute Gasteiger partial charge is 0.344 e. The molecule has 21 heavy (non-hydrogen) atoms. The van der Waals surface area contributed by atoms with E-state index < -0.39 is 11.6 Å². The molecular formula is C16H29N3O2. The van der Waals surface area contributed by atoms with Crippen LogP contribution in [0.5, 0.6) is 0 Å². The van der Waals surface area contributed by atoms with Crippen LogP contribution < -0.4 is 11.1 Å². The minimum Gasteiger partial charge on any atom is -0.344 e. The zero-order valence-electron chi connectivity index (χ0n) is 13.4. The number of nitrogens with one attached hydrogen (secondary N) is 1. The van der Waals surface area contributed by atoms with Crippen molar-refractivity contribution >= 4 is 11.8 Å². The van der Waals surface area contributed by atoms with Crippen molar-refractivity contribution in [1.82, 2.24) is 10.2 Å². The van der Waals surface area contributed by atoms with Gasteiger partial charge in [-0.25, -0.2) is 0 Å². The molecule has 5 nitrogen and oxygen atoms in total. The fraction of sp³-hybridized carbons (Fsp3) is 0.875. The third kappa shape index (κ3) is 3.96. The first kappa shape index (κ1) is 16.3. The molecule has 2 fully saturated rings. The van der Waals surface area contributed by atoms with E-state index in [4.69, 9.17) is 5.73 Å². The molecule has 0 aromatic rings. The maximum absolute atomic E-state index is 12.4. The van der Waals surface area contributed by atoms with Crippen LogP contribution in [0, 0.1) is 5.92 Å². The first-order valence-electron chi connectivity index (χ1n) is 8.30. The fourth-order valence-corrected chi connectivity index (χ4v) is 3.55. The first-order chi connectivity index (χ1) is 9.92. The fourth-order valence-electron chi connectivity index (χ4n) is 3.55. The van der Waals surface area contributed by atoms with E-state index >= 15 is 0 Å². The lowest BCUT2D eigenvalue weighted by molar-refractivity contribution is -0.138. The number of carbonyl (C=O) groups is 2. The van der Waals surface area contributed by atoms with Crippen LogP contribution in [0.4, 0.5) is 0 Å². The summed E-state index contributed by atoms with van der Waals surface area (Å²) in [5.41, 5.74) is 5.81. The van der Waals surface area contributed by atoms with Crippen LogP contribution in [0.2, 0.25) is 0 Å². The summed E-state index contributed by atoms with van der Waals surface area (Å²) < 4.78 is 0. The molecule has 3 N–H and O–H groups in total. The topological polar surface area (TPSA) is 75.4 Å². The van der Waals surface area contributed by atoms with Crippen LogP contribution in [0.3, 0.4) is 0 Å². The Bertz CT molecular complexity index is 389. The van der Waals surface area contributed by atoms with Crippen molar-refractivity contribution in [1.29, 1.82) is 0 Å². The zero-order chi connectivity index (χ0) is 15.5. The Kier molecular flexibility index (Phi) is 5.25. The number of hydrogen-bond donors (Lipinski definition) is 2. The molecule has 1 heterocycles. The third-order valence-corrected chi connectivity index (χ3v) is 4.97. The molecule has 5 heteroatoms. The van der Waals surface area contributed by atoms with Gasteiger partial charge in [-0.3, -0.25) is 9.59 Å². The summed E-state index contributed by atoms with van der Waals surface area (Å²) in [6, 6.07) is -0.451. The van der Waals surface area contributed by atoms with Crippen molar-refractivity contribution in [3.8, 4) is 0 Å². The van der Waals surface area contributed by atoms with E-state index in [1.54, 1.807) is 6.92 Å². The lowest BCUT2D eigenvalue weighted by Crippen LogP contribution is -2.56. The molecule has 3 unspecified atom stereocenters. The molecule has 0 spiro atoms. The standard InChI is InChI=1S/C16H29N3O2/c1-12(15(21)19-10-6-3-7-11-19)18-14(20)13-8-4-5-9-16(13,2)17/h12-13H,3-11,17H2,1-2H3,(H,18,20). The van der Waals surface area contributed by atoms with Gasteiger partial charge in [-0.05, 0) is 46.0 Å². The average Bonchev–Trinajstić information content (AvgIpc) is 2.46. The van der Waals surface area contributed by atoms with Gasteiger partial charge in [0.2, 0.25) is 11.8 Å². The molecule has 1 saturated heterocycles. The van der Waals surface area contributed by atoms with E-state index in [9.17, 15) is 9.59 Å². The highest BCUT2D eigenvalue weighted by atomic mass is 16.2. The second kappa shape index (κ2) is 6.77. The molecule has 1 aliphatic carbocycles. The van der Waals surface area contributed by atoms with Crippen LogP contribution in [-0.4, -0.2) is 41.4 Å². The van der Waals surface area contributed by atoms with Gasteiger partial charge in [-0.2, -0.15) is 0 Å². The first-order valence-corrected chi connectivity index (χ1v) is 8.30. The Morgan fingerprint density at radius 2 is 1.86 bits per heavy atom. The molecule has 2 aliphatic rings. The summed E-state index contributed by atoms with van der Waals surface area (Å²) in [7, 11) is 0. The molecule has 0 radical (unpaired) electrons. The molecule has 2 rings (SSSR count). The number of nitrogens with two attached hydrogens (primary N) is 1. The highest BCUT2D eigenvalue weighted by Gasteiger charge is 2.38. The lowest BCUT2D eigenvalue weighted by Gasteiger charge is -2.38. The molecule has 0 bridgehead atoms. The Morgan fingerprint density at radius 3 is 2.48 bits per heavy atom. The molecule has 0 aromatic carbocycles. The lowest BCUT2D eigenvalue weighted by atomic mass is 9.74. The highest BCUT2D eigenvalue weighted by Crippen LogP contribution is 2.31. The van der Waals surface area contributed by atoms with E-state index in [1.165, 1.54) is 6.42 Å². The van der Waals surface area contributed by atoms with E-state index in [0.29, 0.717) is 0 Å². The van der Waals surface area contributed by atoms with Crippen LogP contribution in [-0.2, 0) is 9.59 Å². The van der Waals surface area contributed by atoms with Gasteiger partial charge in [0.15, 0.2) is 0 Å². The number of rotatable bonds is 3. The minimum atomic E-state index is -0.451. The van der Waals surface area contributed by atoms with E-state index in [0.717, 1.165) is 51.6 Å². The highest BCUT2D eigenvalue weighted by molar-refractivity contribution is 5.88. The maximum Gasteiger partial charge on any atom is 0.244 e. The van der Waals surface area contributed by atoms with Crippen LogP contribution in [0.15, 0.2) is 0 Å². The van der Waals surface area contributed by atoms with Crippen molar-refractivity contribution in [3.05, 3.63) is 0 Å². The van der Waals surface area contributed by atoms with E-state index in [1.807, 2.05) is 11.8 Å². The number of piperidine rings is 1. The van der Waals surface area contributed by atoms with Gasteiger partial charge < -0.3 is 16.0 Å². The monoisotopic (exact) mass is 295 g/mol. The molecule has 1 saturated carbocycles. The maximum atomic E-state index is 12.4. The zero-order valence-corrected chi connectivity index (χ0v) is 13.4. The van der Waals surface area contributed by atoms with E-state index in [2.05, 4.69) is 5.32 Å². The van der Waals surface area contributed by atoms with Gasteiger partial charge >= 0.3 is 0 Å². The Balaban J connectivity index is 1.90. The van der Waals surface area contributed by atoms with Crippen molar-refractivity contribution in [3.63, 3.8) is 0 Å². The number of nitrogens with zero attached hydrogens (tertiary/aromatic N) is 1. The van der Waals surface area contributed by atoms with Gasteiger partial charge in [-0.1, -0.05) is 12.8 Å². The van der Waals surface area contributed by atoms with Crippen LogP contribution in [0.1, 0.15) is 58.8 Å². The summed E-state index contributed by atoms with van der Waals surface area (Å²) in [4.78, 5) is 26.7. The normalized spacial score (nSPS) is 31.6. The van der Waals surface area contributed by atoms with Crippen molar-refractivity contribution in [2.45, 2.75) is 70.4 Å². The van der Waals surface area contributed by atoms with Gasteiger partial charge in [0.05, 0.1) is 5.92 Å². The molecule has 2 amide bonds. The van der Waals surface area contributed by atoms with Crippen LogP contribution >= 0.6 is 0 Å². The number of amides is 2. The third-order valence-electron chi connectivity index (χ3n) is 4.97. The summed E-state index contributed by atoms with van der Waals surface area (Å²) in [6.07, 6.45) is 7.14. The number of carbonyl (C=O) groups excluding carboxylic acids is 2. The minimum absolute atomic E-state index is 0.0394. The van der Waals surface area contributed by atoms with Crippen LogP contribution in [0.25, 0.3) is 0 Å². The molecular weight excluding hydrogens is 266 g/mol. The summed E-state index contributed by atoms with van der Waals surface area (Å²) in [6.45, 7) is 5.37. The molecule has 0 aromatic heterocycles. The Morgan fingerprint density at radius 1 is 1.19 bits per heavy atom. The average molecular weight is 295 g/mol. The molecule has 120 valence electrons. The summed E-state index contributed by atoms with van der Waals surface area (Å²) >= 11 is 0. The quantitative estimate of drug-likeness (QED) is 0.826. The van der Waals surface area contributed by atoms with Crippen molar-refractivity contribution < 1.29 is 9.59 Å². The van der Waals surface area contributed by atoms with E-state index in [-0.39, 0.29) is 17.7 Å². The molecule has 3 atom stereocenters. The second-order valence-corrected chi connectivity index (χ2v) is 6.92. The number of likely N-dealkylation sites (tertiary alicyclic amines) is 1. The second-order valence-electron chi connectivity index (χ2n) is 6.92. The van der Waals surface area contributed by atoms with Gasteiger partial charge in [-0.15, -0.1) is 0 Å². The predicted molar refractivity (Wildman–Crippen MR) is 82.6 cm³/mol. The van der Waals surface area contributed by atoms with Gasteiger partial charge in [0.25, 0.3) is 0 Å². The SMILES string of the molecule is CC(NC(=O)C1CCCCC1(C)N)C(=O)N1CCCCC1. The summed E-state index contributed by atoms with van der Waals surface area (Å²) in [5, 5.41) is 2.89. The summed E-state index contributed by atoms with van der Waals surface area (Å²) in [5.74, 6) is -0.196. The van der Waals surface area contributed by atoms with Gasteiger partial charge in [0, 0.05) is 18.6 Å². The Labute approximate surface area is 127 Å². The molecule has 1 aliphatic heterocycles. The van der Waals surface area contributed by atoms with Crippen molar-refractivity contribution in [2.75, 3.05) is 13.1 Å². The predicted octanol–water partition coefficient (Wildman–Crippen LogP) is 1.41. The van der Waals surface area contributed by atoms with Gasteiger partial charge in [0.1, 0.15) is 6.04 Å².